The van der Waals surface area contributed by atoms with Gasteiger partial charge in [0, 0.05) is 11.9 Å². The van der Waals surface area contributed by atoms with E-state index >= 15 is 0 Å². The lowest BCUT2D eigenvalue weighted by atomic mass is 10.1. The summed E-state index contributed by atoms with van der Waals surface area (Å²) in [6.45, 7) is 0.111. The van der Waals surface area contributed by atoms with E-state index in [1.54, 1.807) is 37.4 Å². The zero-order valence-electron chi connectivity index (χ0n) is 13.3. The first kappa shape index (κ1) is 16.0. The summed E-state index contributed by atoms with van der Waals surface area (Å²) in [4.78, 5) is 16.6. The predicted molar refractivity (Wildman–Crippen MR) is 92.0 cm³/mol. The van der Waals surface area contributed by atoms with Crippen LogP contribution in [0.1, 0.15) is 22.2 Å². The van der Waals surface area contributed by atoms with Crippen LogP contribution in [0.15, 0.2) is 60.7 Å². The number of rotatable bonds is 5. The molecule has 0 radical (unpaired) electrons. The highest BCUT2D eigenvalue weighted by molar-refractivity contribution is 5.94. The molecule has 0 unspecified atom stereocenters. The zero-order chi connectivity index (χ0) is 16.9. The van der Waals surface area contributed by atoms with Gasteiger partial charge in [0.25, 0.3) is 5.91 Å². The highest BCUT2D eigenvalue weighted by atomic mass is 16.5. The Balaban J connectivity index is 1.65. The van der Waals surface area contributed by atoms with Crippen LogP contribution in [0.2, 0.25) is 0 Å². The van der Waals surface area contributed by atoms with Gasteiger partial charge in [-0.2, -0.15) is 0 Å². The summed E-state index contributed by atoms with van der Waals surface area (Å²) in [5.41, 5.74) is 1.80. The minimum Gasteiger partial charge on any atom is -0.497 e. The second-order valence-electron chi connectivity index (χ2n) is 5.39. The van der Waals surface area contributed by atoms with E-state index in [2.05, 4.69) is 10.3 Å². The van der Waals surface area contributed by atoms with E-state index in [9.17, 15) is 9.90 Å². The van der Waals surface area contributed by atoms with Gasteiger partial charge in [0.05, 0.1) is 18.7 Å². The molecule has 0 aliphatic heterocycles. The highest BCUT2D eigenvalue weighted by Crippen LogP contribution is 2.17. The maximum atomic E-state index is 12.2. The molecule has 0 saturated carbocycles. The van der Waals surface area contributed by atoms with Crippen LogP contribution in [0.3, 0.4) is 0 Å². The fraction of sp³-hybridized carbons (Fsp3) is 0.158. The predicted octanol–water partition coefficient (Wildman–Crippen LogP) is 2.71. The van der Waals surface area contributed by atoms with E-state index < -0.39 is 6.10 Å². The maximum Gasteiger partial charge on any atom is 0.270 e. The molecule has 0 fully saturated rings. The molecular formula is C19H18N2O3. The number of aromatic nitrogens is 1. The van der Waals surface area contributed by atoms with E-state index in [1.165, 1.54) is 0 Å². The fourth-order valence-corrected chi connectivity index (χ4v) is 2.42. The molecule has 5 heteroatoms. The van der Waals surface area contributed by atoms with E-state index in [0.29, 0.717) is 11.3 Å². The molecule has 0 saturated heterocycles. The molecule has 2 N–H and O–H groups in total. The van der Waals surface area contributed by atoms with E-state index in [-0.39, 0.29) is 12.5 Å². The van der Waals surface area contributed by atoms with Crippen LogP contribution in [-0.2, 0) is 0 Å². The summed E-state index contributed by atoms with van der Waals surface area (Å²) in [7, 11) is 1.59. The molecule has 24 heavy (non-hydrogen) atoms. The number of nitrogens with zero attached hydrogens (tertiary/aromatic N) is 1. The number of ether oxygens (including phenoxy) is 1. The van der Waals surface area contributed by atoms with Gasteiger partial charge in [-0.3, -0.25) is 4.79 Å². The molecule has 1 aromatic heterocycles. The molecule has 0 aliphatic rings. The lowest BCUT2D eigenvalue weighted by Gasteiger charge is -2.13. The first-order valence-corrected chi connectivity index (χ1v) is 7.63. The minimum atomic E-state index is -0.791. The number of methoxy groups -OCH3 is 1. The van der Waals surface area contributed by atoms with Crippen molar-refractivity contribution in [2.75, 3.05) is 13.7 Å². The number of pyridine rings is 1. The van der Waals surface area contributed by atoms with Gasteiger partial charge in [-0.1, -0.05) is 36.4 Å². The number of benzene rings is 2. The molecular weight excluding hydrogens is 304 g/mol. The quantitative estimate of drug-likeness (QED) is 0.757. The number of carbonyl (C=O) groups excluding carboxylic acids is 1. The molecule has 1 amide bonds. The molecule has 1 heterocycles. The average Bonchev–Trinajstić information content (AvgIpc) is 2.65. The summed E-state index contributed by atoms with van der Waals surface area (Å²) in [6, 6.07) is 18.2. The summed E-state index contributed by atoms with van der Waals surface area (Å²) in [5.74, 6) is 0.406. The Morgan fingerprint density at radius 3 is 2.62 bits per heavy atom. The summed E-state index contributed by atoms with van der Waals surface area (Å²) >= 11 is 0. The third-order valence-corrected chi connectivity index (χ3v) is 3.79. The van der Waals surface area contributed by atoms with Crippen molar-refractivity contribution >= 4 is 16.8 Å². The molecule has 3 aromatic rings. The van der Waals surface area contributed by atoms with E-state index in [1.807, 2.05) is 30.3 Å². The molecule has 1 atom stereocenters. The number of aliphatic hydroxyl groups excluding tert-OH is 1. The number of hydrogen-bond acceptors (Lipinski definition) is 4. The zero-order valence-corrected chi connectivity index (χ0v) is 13.3. The van der Waals surface area contributed by atoms with Gasteiger partial charge < -0.3 is 15.2 Å². The normalized spacial score (nSPS) is 11.9. The van der Waals surface area contributed by atoms with Crippen molar-refractivity contribution in [3.05, 3.63) is 71.9 Å². The lowest BCUT2D eigenvalue weighted by molar-refractivity contribution is 0.0911. The van der Waals surface area contributed by atoms with Crippen LogP contribution < -0.4 is 10.1 Å². The Hall–Kier alpha value is -2.92. The standard InChI is InChI=1S/C19H18N2O3/c1-24-15-9-6-14(7-10-15)18(22)12-20-19(23)17-11-8-13-4-2-3-5-16(13)21-17/h2-11,18,22H,12H2,1H3,(H,20,23)/t18-/m0/s1. The van der Waals surface area contributed by atoms with Gasteiger partial charge in [0.1, 0.15) is 11.4 Å². The third-order valence-electron chi connectivity index (χ3n) is 3.79. The second kappa shape index (κ2) is 7.10. The number of hydrogen-bond donors (Lipinski definition) is 2. The molecule has 0 aliphatic carbocycles. The van der Waals surface area contributed by atoms with Crippen LogP contribution in [-0.4, -0.2) is 29.7 Å². The lowest BCUT2D eigenvalue weighted by Crippen LogP contribution is -2.29. The van der Waals surface area contributed by atoms with Gasteiger partial charge in [0.2, 0.25) is 0 Å². The SMILES string of the molecule is COc1ccc([C@@H](O)CNC(=O)c2ccc3ccccc3n2)cc1. The third kappa shape index (κ3) is 3.52. The minimum absolute atomic E-state index is 0.111. The summed E-state index contributed by atoms with van der Waals surface area (Å²) in [6.07, 6.45) is -0.791. The van der Waals surface area contributed by atoms with Gasteiger partial charge in [-0.05, 0) is 29.8 Å². The first-order valence-electron chi connectivity index (χ1n) is 7.63. The fourth-order valence-electron chi connectivity index (χ4n) is 2.42. The van der Waals surface area contributed by atoms with Gasteiger partial charge >= 0.3 is 0 Å². The van der Waals surface area contributed by atoms with Crippen LogP contribution in [0.25, 0.3) is 10.9 Å². The van der Waals surface area contributed by atoms with Crippen molar-refractivity contribution < 1.29 is 14.6 Å². The Morgan fingerprint density at radius 2 is 1.88 bits per heavy atom. The van der Waals surface area contributed by atoms with Crippen molar-refractivity contribution in [2.45, 2.75) is 6.10 Å². The molecule has 3 rings (SSSR count). The number of amides is 1. The molecule has 2 aromatic carbocycles. The Bertz CT molecular complexity index is 847. The van der Waals surface area contributed by atoms with Crippen LogP contribution >= 0.6 is 0 Å². The average molecular weight is 322 g/mol. The van der Waals surface area contributed by atoms with E-state index in [4.69, 9.17) is 4.74 Å². The molecule has 0 spiro atoms. The number of para-hydroxylation sites is 1. The van der Waals surface area contributed by atoms with Crippen molar-refractivity contribution in [3.63, 3.8) is 0 Å². The van der Waals surface area contributed by atoms with Crippen molar-refractivity contribution in [3.8, 4) is 5.75 Å². The van der Waals surface area contributed by atoms with Crippen molar-refractivity contribution in [1.82, 2.24) is 10.3 Å². The Labute approximate surface area is 139 Å². The smallest absolute Gasteiger partial charge is 0.270 e. The molecule has 5 nitrogen and oxygen atoms in total. The van der Waals surface area contributed by atoms with Crippen molar-refractivity contribution in [1.29, 1.82) is 0 Å². The number of carbonyl (C=O) groups is 1. The van der Waals surface area contributed by atoms with Crippen molar-refractivity contribution in [2.24, 2.45) is 0 Å². The van der Waals surface area contributed by atoms with Crippen LogP contribution in [0.5, 0.6) is 5.75 Å². The second-order valence-corrected chi connectivity index (χ2v) is 5.39. The summed E-state index contributed by atoms with van der Waals surface area (Å²) < 4.78 is 5.08. The largest absolute Gasteiger partial charge is 0.497 e. The monoisotopic (exact) mass is 322 g/mol. The maximum absolute atomic E-state index is 12.2. The Kier molecular flexibility index (Phi) is 4.72. The number of aliphatic hydroxyl groups is 1. The molecule has 0 bridgehead atoms. The van der Waals surface area contributed by atoms with E-state index in [0.717, 1.165) is 16.7 Å². The highest BCUT2D eigenvalue weighted by Gasteiger charge is 2.12. The first-order chi connectivity index (χ1) is 11.7. The van der Waals surface area contributed by atoms with Gasteiger partial charge in [-0.15, -0.1) is 0 Å². The number of fused-ring (bicyclic) bond motifs is 1. The van der Waals surface area contributed by atoms with Crippen LogP contribution in [0.4, 0.5) is 0 Å². The Morgan fingerprint density at radius 1 is 1.12 bits per heavy atom. The van der Waals surface area contributed by atoms with Gasteiger partial charge in [-0.25, -0.2) is 4.98 Å². The number of nitrogens with one attached hydrogen (secondary N) is 1. The van der Waals surface area contributed by atoms with Crippen LogP contribution in [0, 0.1) is 0 Å². The topological polar surface area (TPSA) is 71.5 Å². The van der Waals surface area contributed by atoms with Gasteiger partial charge in [0.15, 0.2) is 0 Å². The summed E-state index contributed by atoms with van der Waals surface area (Å²) in [5, 5.41) is 13.9. The molecule has 122 valence electrons.